The molecule has 0 saturated carbocycles. The number of allylic oxidation sites excluding steroid dienone is 1. The number of phenolic OH excluding ortho intramolecular Hbond substituents is 2. The summed E-state index contributed by atoms with van der Waals surface area (Å²) in [5.41, 5.74) is -0.707. The predicted molar refractivity (Wildman–Crippen MR) is 179 cm³/mol. The second-order valence-electron chi connectivity index (χ2n) is 11.2. The second kappa shape index (κ2) is 15.6. The van der Waals surface area contributed by atoms with Gasteiger partial charge in [-0.25, -0.2) is 24.0 Å². The van der Waals surface area contributed by atoms with Gasteiger partial charge in [0.1, 0.15) is 41.4 Å². The number of aromatic carboxylic acids is 1. The Bertz CT molecular complexity index is 2250. The van der Waals surface area contributed by atoms with Gasteiger partial charge in [0.2, 0.25) is 0 Å². The van der Waals surface area contributed by atoms with Crippen molar-refractivity contribution in [1.82, 2.24) is 0 Å². The maximum absolute atomic E-state index is 12.9. The molecule has 16 heteroatoms. The molecule has 1 aromatic heterocycles. The SMILES string of the molecule is CC(C)=CCOc1cc2oc(=O)ccc2cc1O.Cc1cc(O)c(C=O)c2c1C(=O)Oc1c(COC(=O)C=CC(=O)O)c(O)c(C(=O)O)c(C)c1O2. The molecular formula is C36H30O16. The Morgan fingerprint density at radius 1 is 0.885 bits per heavy atom. The van der Waals surface area contributed by atoms with E-state index in [4.69, 9.17) is 28.5 Å². The van der Waals surface area contributed by atoms with Crippen molar-refractivity contribution in [3.63, 3.8) is 0 Å². The molecule has 52 heavy (non-hydrogen) atoms. The van der Waals surface area contributed by atoms with Crippen LogP contribution in [0.2, 0.25) is 0 Å². The molecule has 0 spiro atoms. The molecule has 3 aromatic carbocycles. The van der Waals surface area contributed by atoms with Crippen molar-refractivity contribution in [3.05, 3.63) is 97.9 Å². The van der Waals surface area contributed by atoms with Gasteiger partial charge < -0.3 is 48.9 Å². The number of aryl methyl sites for hydroxylation is 1. The summed E-state index contributed by atoms with van der Waals surface area (Å²) in [6.07, 6.45) is 3.20. The quantitative estimate of drug-likeness (QED) is 0.0378. The van der Waals surface area contributed by atoms with Crippen LogP contribution in [0.4, 0.5) is 0 Å². The highest BCUT2D eigenvalue weighted by atomic mass is 16.6. The van der Waals surface area contributed by atoms with Gasteiger partial charge >= 0.3 is 29.5 Å². The van der Waals surface area contributed by atoms with Crippen LogP contribution in [0.15, 0.2) is 63.3 Å². The number of carboxylic acid groups (broad SMARTS) is 2. The first kappa shape index (κ1) is 37.7. The van der Waals surface area contributed by atoms with Crippen LogP contribution in [0.25, 0.3) is 11.0 Å². The molecule has 0 unspecified atom stereocenters. The summed E-state index contributed by atoms with van der Waals surface area (Å²) in [5, 5.41) is 49.3. The van der Waals surface area contributed by atoms with E-state index >= 15 is 0 Å². The van der Waals surface area contributed by atoms with Crippen molar-refractivity contribution in [2.45, 2.75) is 34.3 Å². The maximum atomic E-state index is 12.9. The molecule has 1 aliphatic heterocycles. The van der Waals surface area contributed by atoms with Gasteiger partial charge in [-0.3, -0.25) is 4.79 Å². The highest BCUT2D eigenvalue weighted by Crippen LogP contribution is 2.50. The Balaban J connectivity index is 0.000000281. The highest BCUT2D eigenvalue weighted by molar-refractivity contribution is 6.03. The lowest BCUT2D eigenvalue weighted by Gasteiger charge is -2.18. The molecule has 270 valence electrons. The Hall–Kier alpha value is -7.10. The molecule has 16 nitrogen and oxygen atoms in total. The van der Waals surface area contributed by atoms with Crippen LogP contribution >= 0.6 is 0 Å². The summed E-state index contributed by atoms with van der Waals surface area (Å²) in [6, 6.07) is 7.07. The fraction of sp³-hybridized carbons (Fsp3) is 0.167. The van der Waals surface area contributed by atoms with Crippen LogP contribution in [-0.4, -0.2) is 62.3 Å². The fourth-order valence-corrected chi connectivity index (χ4v) is 4.82. The van der Waals surface area contributed by atoms with Crippen molar-refractivity contribution in [1.29, 1.82) is 0 Å². The first-order valence-corrected chi connectivity index (χ1v) is 15.0. The van der Waals surface area contributed by atoms with Gasteiger partial charge in [0, 0.05) is 35.2 Å². The third-order valence-corrected chi connectivity index (χ3v) is 7.30. The number of carbonyl (C=O) groups excluding carboxylic acids is 3. The van der Waals surface area contributed by atoms with Gasteiger partial charge in [0.25, 0.3) is 0 Å². The molecule has 4 aromatic rings. The topological polar surface area (TPSA) is 254 Å². The zero-order chi connectivity index (χ0) is 38.4. The van der Waals surface area contributed by atoms with Gasteiger partial charge in [-0.1, -0.05) is 5.57 Å². The average molecular weight is 719 g/mol. The molecule has 5 N–H and O–H groups in total. The number of hydrogen-bond donors (Lipinski definition) is 5. The van der Waals surface area contributed by atoms with E-state index in [0.29, 0.717) is 35.5 Å². The lowest BCUT2D eigenvalue weighted by Crippen LogP contribution is -2.13. The Morgan fingerprint density at radius 2 is 1.60 bits per heavy atom. The smallest absolute Gasteiger partial charge is 0.347 e. The summed E-state index contributed by atoms with van der Waals surface area (Å²) in [7, 11) is 0. The second-order valence-corrected chi connectivity index (χ2v) is 11.2. The molecule has 5 rings (SSSR count). The first-order chi connectivity index (χ1) is 24.5. The minimum absolute atomic E-state index is 0.0264. The van der Waals surface area contributed by atoms with Crippen molar-refractivity contribution in [2.24, 2.45) is 0 Å². The number of aromatic hydroxyl groups is 3. The first-order valence-electron chi connectivity index (χ1n) is 15.0. The molecular weight excluding hydrogens is 688 g/mol. The summed E-state index contributed by atoms with van der Waals surface area (Å²) in [6.45, 7) is 6.11. The summed E-state index contributed by atoms with van der Waals surface area (Å²) >= 11 is 0. The Labute approximate surface area is 293 Å². The van der Waals surface area contributed by atoms with E-state index in [1.165, 1.54) is 32.0 Å². The van der Waals surface area contributed by atoms with Gasteiger partial charge in [0.05, 0.1) is 11.1 Å². The van der Waals surface area contributed by atoms with Gasteiger partial charge in [-0.2, -0.15) is 0 Å². The van der Waals surface area contributed by atoms with E-state index in [0.717, 1.165) is 11.6 Å². The number of aldehydes is 1. The van der Waals surface area contributed by atoms with Crippen molar-refractivity contribution in [3.8, 4) is 40.2 Å². The van der Waals surface area contributed by atoms with E-state index < -0.39 is 75.8 Å². The van der Waals surface area contributed by atoms with Crippen molar-refractivity contribution >= 4 is 41.1 Å². The lowest BCUT2D eigenvalue weighted by molar-refractivity contribution is -0.139. The van der Waals surface area contributed by atoms with Crippen LogP contribution in [0, 0.1) is 13.8 Å². The molecule has 0 amide bonds. The van der Waals surface area contributed by atoms with E-state index in [2.05, 4.69) is 0 Å². The monoisotopic (exact) mass is 718 g/mol. The molecule has 0 aliphatic carbocycles. The molecule has 0 fully saturated rings. The molecule has 0 radical (unpaired) electrons. The van der Waals surface area contributed by atoms with Crippen LogP contribution in [0.3, 0.4) is 0 Å². The zero-order valence-corrected chi connectivity index (χ0v) is 27.8. The zero-order valence-electron chi connectivity index (χ0n) is 27.8. The van der Waals surface area contributed by atoms with Crippen LogP contribution in [0.1, 0.15) is 61.6 Å². The summed E-state index contributed by atoms with van der Waals surface area (Å²) in [4.78, 5) is 69.7. The van der Waals surface area contributed by atoms with Crippen LogP contribution < -0.4 is 19.8 Å². The van der Waals surface area contributed by atoms with Gasteiger partial charge in [0.15, 0.2) is 35.0 Å². The number of rotatable bonds is 9. The number of ether oxygens (including phenoxy) is 4. The molecule has 0 atom stereocenters. The summed E-state index contributed by atoms with van der Waals surface area (Å²) < 4.78 is 26.3. The fourth-order valence-electron chi connectivity index (χ4n) is 4.82. The van der Waals surface area contributed by atoms with Gasteiger partial charge in [-0.15, -0.1) is 0 Å². The van der Waals surface area contributed by atoms with Gasteiger partial charge in [-0.05, 0) is 57.5 Å². The maximum Gasteiger partial charge on any atom is 0.347 e. The highest BCUT2D eigenvalue weighted by Gasteiger charge is 2.36. The Kier molecular flexibility index (Phi) is 11.3. The minimum atomic E-state index is -1.60. The van der Waals surface area contributed by atoms with Crippen molar-refractivity contribution in [2.75, 3.05) is 6.61 Å². The van der Waals surface area contributed by atoms with E-state index in [-0.39, 0.29) is 34.5 Å². The van der Waals surface area contributed by atoms with E-state index in [1.54, 1.807) is 6.07 Å². The number of phenols is 3. The number of carbonyl (C=O) groups is 5. The third-order valence-electron chi connectivity index (χ3n) is 7.30. The minimum Gasteiger partial charge on any atom is -0.507 e. The third kappa shape index (κ3) is 8.19. The molecule has 0 saturated heterocycles. The molecule has 1 aliphatic rings. The number of esters is 2. The number of aliphatic carboxylic acids is 1. The molecule has 0 bridgehead atoms. The largest absolute Gasteiger partial charge is 0.507 e. The van der Waals surface area contributed by atoms with Crippen LogP contribution in [0.5, 0.6) is 40.2 Å². The number of benzene rings is 3. The average Bonchev–Trinajstić information content (AvgIpc) is 3.21. The lowest BCUT2D eigenvalue weighted by atomic mass is 10.0. The predicted octanol–water partition coefficient (Wildman–Crippen LogP) is 5.08. The van der Waals surface area contributed by atoms with Crippen molar-refractivity contribution < 1.29 is 72.9 Å². The Morgan fingerprint density at radius 3 is 2.23 bits per heavy atom. The normalized spacial score (nSPS) is 11.5. The van der Waals surface area contributed by atoms with E-state index in [1.807, 2.05) is 19.9 Å². The van der Waals surface area contributed by atoms with Crippen LogP contribution in [-0.2, 0) is 20.9 Å². The van der Waals surface area contributed by atoms with E-state index in [9.17, 15) is 49.2 Å². The number of fused-ring (bicyclic) bond motifs is 3. The summed E-state index contributed by atoms with van der Waals surface area (Å²) in [5.74, 6) is -7.58. The number of hydrogen-bond acceptors (Lipinski definition) is 14. The standard InChI is InChI=1S/C22H16O12.C14H14O4/c1-8-5-12(24)10(6-23)19-15(8)22(31)34-20-11(7-32-14(27)4-3-13(25)26)17(28)16(21(29)30)9(2)18(20)33-19;1-9(2)5-6-17-13-8-12-10(7-11(13)15)3-4-14(16)18-12/h3-6,24,28H,7H2,1-2H3,(H,25,26)(H,29,30);3-5,7-8,15H,6H2,1-2H3. The number of carboxylic acids is 2. The molecule has 2 heterocycles.